The summed E-state index contributed by atoms with van der Waals surface area (Å²) < 4.78 is 29.4. The number of amides is 1. The molecule has 1 rings (SSSR count). The summed E-state index contributed by atoms with van der Waals surface area (Å²) in [6, 6.07) is 4.28. The van der Waals surface area contributed by atoms with E-state index in [1.165, 1.54) is 19.1 Å². The van der Waals surface area contributed by atoms with E-state index in [1.807, 2.05) is 0 Å². The number of carbonyl (C=O) groups excluding carboxylic acids is 1. The molecule has 0 saturated heterocycles. The molecule has 0 aromatic heterocycles. The van der Waals surface area contributed by atoms with Crippen LogP contribution in [0.2, 0.25) is 0 Å². The van der Waals surface area contributed by atoms with E-state index in [4.69, 9.17) is 16.2 Å². The lowest BCUT2D eigenvalue weighted by molar-refractivity contribution is -0.117. The average Bonchev–Trinajstić information content (AvgIpc) is 2.30. The van der Waals surface area contributed by atoms with Crippen LogP contribution in [0.4, 0.5) is 5.69 Å². The average molecular weight is 272 g/mol. The number of anilines is 1. The molecule has 0 fully saturated rings. The van der Waals surface area contributed by atoms with Crippen LogP contribution < -0.4 is 16.2 Å². The van der Waals surface area contributed by atoms with Gasteiger partial charge >= 0.3 is 0 Å². The molecule has 100 valence electrons. The highest BCUT2D eigenvalue weighted by molar-refractivity contribution is 7.93. The van der Waals surface area contributed by atoms with Gasteiger partial charge in [-0.05, 0) is 26.0 Å². The molecule has 1 amide bonds. The molecule has 0 heterocycles. The lowest BCUT2D eigenvalue weighted by atomic mass is 10.3. The Bertz CT molecular complexity index is 554. The largest absolute Gasteiger partial charge is 0.494 e. The summed E-state index contributed by atoms with van der Waals surface area (Å²) in [4.78, 5) is 10.9. The third kappa shape index (κ3) is 2.73. The van der Waals surface area contributed by atoms with Crippen molar-refractivity contribution in [2.45, 2.75) is 24.0 Å². The Morgan fingerprint density at radius 1 is 1.44 bits per heavy atom. The van der Waals surface area contributed by atoms with E-state index in [2.05, 4.69) is 0 Å². The second-order valence-electron chi connectivity index (χ2n) is 3.72. The Hall–Kier alpha value is -1.76. The lowest BCUT2D eigenvalue weighted by Gasteiger charge is -2.13. The van der Waals surface area contributed by atoms with Gasteiger partial charge < -0.3 is 16.2 Å². The van der Waals surface area contributed by atoms with Crippen molar-refractivity contribution < 1.29 is 17.9 Å². The van der Waals surface area contributed by atoms with Crippen LogP contribution in [0.5, 0.6) is 5.75 Å². The minimum absolute atomic E-state index is 0.0616. The first kappa shape index (κ1) is 14.3. The van der Waals surface area contributed by atoms with E-state index in [1.54, 1.807) is 13.0 Å². The number of nitrogens with two attached hydrogens (primary N) is 2. The van der Waals surface area contributed by atoms with Crippen LogP contribution >= 0.6 is 0 Å². The highest BCUT2D eigenvalue weighted by Gasteiger charge is 2.30. The molecule has 1 unspecified atom stereocenters. The summed E-state index contributed by atoms with van der Waals surface area (Å²) in [5.41, 5.74) is 10.7. The van der Waals surface area contributed by atoms with Gasteiger partial charge in [-0.2, -0.15) is 0 Å². The normalized spacial score (nSPS) is 13.0. The first-order valence-electron chi connectivity index (χ1n) is 5.36. The zero-order valence-electron chi connectivity index (χ0n) is 10.2. The number of ether oxygens (including phenoxy) is 1. The van der Waals surface area contributed by atoms with Gasteiger partial charge in [0, 0.05) is 6.07 Å². The lowest BCUT2D eigenvalue weighted by Crippen LogP contribution is -2.33. The molecule has 0 aliphatic rings. The SMILES string of the molecule is CCOc1ccc(N)c(S(=O)(=O)C(C)C(N)=O)c1. The summed E-state index contributed by atoms with van der Waals surface area (Å²) in [7, 11) is -3.89. The Morgan fingerprint density at radius 3 is 2.56 bits per heavy atom. The molecule has 0 saturated carbocycles. The van der Waals surface area contributed by atoms with Crippen molar-refractivity contribution >= 4 is 21.4 Å². The zero-order chi connectivity index (χ0) is 13.9. The third-order valence-corrected chi connectivity index (χ3v) is 4.60. The van der Waals surface area contributed by atoms with Crippen LogP contribution in [-0.4, -0.2) is 26.2 Å². The minimum atomic E-state index is -3.89. The minimum Gasteiger partial charge on any atom is -0.494 e. The van der Waals surface area contributed by atoms with Gasteiger partial charge in [0.1, 0.15) is 11.0 Å². The van der Waals surface area contributed by atoms with E-state index in [9.17, 15) is 13.2 Å². The maximum atomic E-state index is 12.1. The van der Waals surface area contributed by atoms with E-state index in [-0.39, 0.29) is 10.6 Å². The van der Waals surface area contributed by atoms with Gasteiger partial charge in [0.15, 0.2) is 9.84 Å². The first-order chi connectivity index (χ1) is 8.30. The summed E-state index contributed by atoms with van der Waals surface area (Å²) >= 11 is 0. The number of hydrogen-bond donors (Lipinski definition) is 2. The molecule has 0 aliphatic carbocycles. The van der Waals surface area contributed by atoms with Gasteiger partial charge in [0.25, 0.3) is 0 Å². The zero-order valence-corrected chi connectivity index (χ0v) is 11.0. The van der Waals surface area contributed by atoms with Crippen molar-refractivity contribution in [3.63, 3.8) is 0 Å². The molecular weight excluding hydrogens is 256 g/mol. The second-order valence-corrected chi connectivity index (χ2v) is 5.96. The molecule has 0 radical (unpaired) electrons. The van der Waals surface area contributed by atoms with Crippen molar-refractivity contribution in [1.82, 2.24) is 0 Å². The Kier molecular flexibility index (Phi) is 4.18. The number of nitrogen functional groups attached to an aromatic ring is 1. The molecular formula is C11H16N2O4S. The molecule has 0 bridgehead atoms. The van der Waals surface area contributed by atoms with Gasteiger partial charge in [-0.3, -0.25) is 4.79 Å². The van der Waals surface area contributed by atoms with Gasteiger partial charge in [-0.25, -0.2) is 8.42 Å². The van der Waals surface area contributed by atoms with Crippen LogP contribution in [0.1, 0.15) is 13.8 Å². The molecule has 0 aliphatic heterocycles. The Labute approximate surface area is 106 Å². The van der Waals surface area contributed by atoms with Crippen molar-refractivity contribution in [3.8, 4) is 5.75 Å². The topological polar surface area (TPSA) is 112 Å². The van der Waals surface area contributed by atoms with Crippen molar-refractivity contribution in [3.05, 3.63) is 18.2 Å². The molecule has 1 aromatic rings. The standard InChI is InChI=1S/C11H16N2O4S/c1-3-17-8-4-5-9(12)10(6-8)18(15,16)7(2)11(13)14/h4-7H,3,12H2,1-2H3,(H2,13,14). The fourth-order valence-electron chi connectivity index (χ4n) is 1.36. The second kappa shape index (κ2) is 5.26. The first-order valence-corrected chi connectivity index (χ1v) is 6.90. The smallest absolute Gasteiger partial charge is 0.235 e. The number of hydrogen-bond acceptors (Lipinski definition) is 5. The van der Waals surface area contributed by atoms with E-state index < -0.39 is 21.0 Å². The van der Waals surface area contributed by atoms with Crippen molar-refractivity contribution in [1.29, 1.82) is 0 Å². The van der Waals surface area contributed by atoms with Crippen molar-refractivity contribution in [2.24, 2.45) is 5.73 Å². The molecule has 1 atom stereocenters. The third-order valence-electron chi connectivity index (χ3n) is 2.47. The van der Waals surface area contributed by atoms with Crippen LogP contribution in [0.25, 0.3) is 0 Å². The van der Waals surface area contributed by atoms with Crippen LogP contribution in [0.15, 0.2) is 23.1 Å². The molecule has 18 heavy (non-hydrogen) atoms. The maximum Gasteiger partial charge on any atom is 0.235 e. The number of primary amides is 1. The highest BCUT2D eigenvalue weighted by Crippen LogP contribution is 2.27. The maximum absolute atomic E-state index is 12.1. The van der Waals surface area contributed by atoms with E-state index in [0.717, 1.165) is 0 Å². The number of carbonyl (C=O) groups is 1. The van der Waals surface area contributed by atoms with Crippen molar-refractivity contribution in [2.75, 3.05) is 12.3 Å². The number of rotatable bonds is 5. The van der Waals surface area contributed by atoms with Gasteiger partial charge in [-0.15, -0.1) is 0 Å². The number of sulfone groups is 1. The predicted molar refractivity (Wildman–Crippen MR) is 67.9 cm³/mol. The fraction of sp³-hybridized carbons (Fsp3) is 0.364. The molecule has 0 spiro atoms. The fourth-order valence-corrected chi connectivity index (χ4v) is 2.72. The molecule has 1 aromatic carbocycles. The quantitative estimate of drug-likeness (QED) is 0.749. The predicted octanol–water partition coefficient (Wildman–Crippen LogP) is 0.315. The van der Waals surface area contributed by atoms with E-state index >= 15 is 0 Å². The van der Waals surface area contributed by atoms with Crippen LogP contribution in [0.3, 0.4) is 0 Å². The number of benzene rings is 1. The van der Waals surface area contributed by atoms with Gasteiger partial charge in [0.05, 0.1) is 17.2 Å². The van der Waals surface area contributed by atoms with Crippen LogP contribution in [-0.2, 0) is 14.6 Å². The highest BCUT2D eigenvalue weighted by atomic mass is 32.2. The van der Waals surface area contributed by atoms with Crippen LogP contribution in [0, 0.1) is 0 Å². The Morgan fingerprint density at radius 2 is 2.06 bits per heavy atom. The summed E-state index contributed by atoms with van der Waals surface area (Å²) in [5, 5.41) is -1.34. The molecule has 7 heteroatoms. The monoisotopic (exact) mass is 272 g/mol. The molecule has 6 nitrogen and oxygen atoms in total. The summed E-state index contributed by atoms with van der Waals surface area (Å²) in [5.74, 6) is -0.543. The molecule has 4 N–H and O–H groups in total. The van der Waals surface area contributed by atoms with Gasteiger partial charge in [-0.1, -0.05) is 0 Å². The Balaban J connectivity index is 3.31. The summed E-state index contributed by atoms with van der Waals surface area (Å²) in [6.45, 7) is 3.40. The summed E-state index contributed by atoms with van der Waals surface area (Å²) in [6.07, 6.45) is 0. The van der Waals surface area contributed by atoms with Gasteiger partial charge in [0.2, 0.25) is 5.91 Å². The van der Waals surface area contributed by atoms with E-state index in [0.29, 0.717) is 12.4 Å².